The van der Waals surface area contributed by atoms with Crippen molar-refractivity contribution in [1.29, 1.82) is 0 Å². The minimum Gasteiger partial charge on any atom is -0.465 e. The highest BCUT2D eigenvalue weighted by Crippen LogP contribution is 2.54. The number of aliphatic imine (C=N–C) groups is 1. The second-order valence-electron chi connectivity index (χ2n) is 10.2. The molecule has 7 heteroatoms. The normalized spacial score (nSPS) is 20.5. The van der Waals surface area contributed by atoms with Crippen LogP contribution in [-0.4, -0.2) is 43.3 Å². The first-order valence-electron chi connectivity index (χ1n) is 12.0. The molecule has 1 amide bonds. The van der Waals surface area contributed by atoms with Gasteiger partial charge in [-0.05, 0) is 49.6 Å². The predicted octanol–water partition coefficient (Wildman–Crippen LogP) is 5.22. The molecule has 0 aromatic heterocycles. The molecule has 2 aliphatic heterocycles. The molecule has 2 heterocycles. The second kappa shape index (κ2) is 8.69. The Balaban J connectivity index is 1.72. The summed E-state index contributed by atoms with van der Waals surface area (Å²) >= 11 is 0. The van der Waals surface area contributed by atoms with E-state index in [4.69, 9.17) is 14.5 Å². The Hall–Kier alpha value is -4.26. The fraction of sp³-hybridized carbons (Fsp3) is 0.267. The maximum atomic E-state index is 13.9. The Morgan fingerprint density at radius 2 is 1.49 bits per heavy atom. The molecule has 7 nitrogen and oxygen atoms in total. The van der Waals surface area contributed by atoms with Gasteiger partial charge < -0.3 is 14.4 Å². The van der Waals surface area contributed by atoms with E-state index in [-0.39, 0.29) is 33.8 Å². The van der Waals surface area contributed by atoms with E-state index in [0.717, 1.165) is 23.2 Å². The van der Waals surface area contributed by atoms with Gasteiger partial charge in [0.2, 0.25) is 0 Å². The van der Waals surface area contributed by atoms with Crippen LogP contribution < -0.4 is 4.90 Å². The topological polar surface area (TPSA) is 85.3 Å². The van der Waals surface area contributed by atoms with Crippen molar-refractivity contribution in [3.05, 3.63) is 94.5 Å². The lowest BCUT2D eigenvalue weighted by atomic mass is 9.65. The molecule has 0 fully saturated rings. The summed E-state index contributed by atoms with van der Waals surface area (Å²) in [6.07, 6.45) is 0.726. The average Bonchev–Trinajstić information content (AvgIpc) is 3.19. The van der Waals surface area contributed by atoms with E-state index in [1.807, 2.05) is 35.2 Å². The zero-order valence-corrected chi connectivity index (χ0v) is 21.5. The molecule has 5 rings (SSSR count). The number of hydrogen-bond acceptors (Lipinski definition) is 6. The van der Waals surface area contributed by atoms with Crippen LogP contribution in [-0.2, 0) is 19.7 Å². The number of anilines is 1. The zero-order valence-electron chi connectivity index (χ0n) is 21.5. The summed E-state index contributed by atoms with van der Waals surface area (Å²) in [4.78, 5) is 45.0. The van der Waals surface area contributed by atoms with Crippen LogP contribution in [0.3, 0.4) is 0 Å². The first-order chi connectivity index (χ1) is 17.6. The number of nitrogens with zero attached hydrogens (tertiary/aromatic N) is 2. The standard InChI is InChI=1S/C30H28N2O5/c1-29(2)17-30(3,20-10-7-6-8-11-20)23-13-9-12-22-24(26(33)32(29)25(22)23)31-21-15-18(27(34)36-4)14-19(16-21)28(35)37-5/h6-16H,17H2,1-5H3. The highest BCUT2D eigenvalue weighted by Gasteiger charge is 2.53. The average molecular weight is 497 g/mol. The highest BCUT2D eigenvalue weighted by molar-refractivity contribution is 6.55. The number of esters is 2. The lowest BCUT2D eigenvalue weighted by Crippen LogP contribution is -2.54. The van der Waals surface area contributed by atoms with Gasteiger partial charge in [0.25, 0.3) is 5.91 Å². The third-order valence-corrected chi connectivity index (χ3v) is 7.32. The molecule has 0 aliphatic carbocycles. The number of carbonyl (C=O) groups is 3. The molecule has 0 N–H and O–H groups in total. The Morgan fingerprint density at radius 1 is 0.865 bits per heavy atom. The SMILES string of the molecule is COC(=O)c1cc(N=C2C(=O)N3c4c2cccc4C(C)(c2ccccc2)CC3(C)C)cc(C(=O)OC)c1. The van der Waals surface area contributed by atoms with Gasteiger partial charge in [-0.15, -0.1) is 0 Å². The van der Waals surface area contributed by atoms with Crippen molar-refractivity contribution in [1.82, 2.24) is 0 Å². The molecule has 0 spiro atoms. The minimum absolute atomic E-state index is 0.141. The van der Waals surface area contributed by atoms with Crippen molar-refractivity contribution in [2.75, 3.05) is 19.1 Å². The third-order valence-electron chi connectivity index (χ3n) is 7.32. The van der Waals surface area contributed by atoms with Crippen molar-refractivity contribution in [2.24, 2.45) is 4.99 Å². The van der Waals surface area contributed by atoms with Gasteiger partial charge in [-0.3, -0.25) is 4.79 Å². The molecule has 0 saturated heterocycles. The smallest absolute Gasteiger partial charge is 0.337 e. The van der Waals surface area contributed by atoms with Gasteiger partial charge in [0.15, 0.2) is 0 Å². The number of carbonyl (C=O) groups excluding carboxylic acids is 3. The first-order valence-corrected chi connectivity index (χ1v) is 12.0. The van der Waals surface area contributed by atoms with Gasteiger partial charge in [-0.1, -0.05) is 55.5 Å². The van der Waals surface area contributed by atoms with Gasteiger partial charge >= 0.3 is 11.9 Å². The predicted molar refractivity (Wildman–Crippen MR) is 141 cm³/mol. The Morgan fingerprint density at radius 3 is 2.08 bits per heavy atom. The van der Waals surface area contributed by atoms with Gasteiger partial charge in [0.05, 0.1) is 36.7 Å². The zero-order chi connectivity index (χ0) is 26.5. The molecule has 0 bridgehead atoms. The van der Waals surface area contributed by atoms with E-state index < -0.39 is 17.5 Å². The number of para-hydroxylation sites is 1. The molecule has 1 unspecified atom stereocenters. The van der Waals surface area contributed by atoms with Crippen LogP contribution in [0, 0.1) is 0 Å². The molecule has 0 radical (unpaired) electrons. The summed E-state index contributed by atoms with van der Waals surface area (Å²) in [6.45, 7) is 6.36. The van der Waals surface area contributed by atoms with E-state index >= 15 is 0 Å². The second-order valence-corrected chi connectivity index (χ2v) is 10.2. The maximum Gasteiger partial charge on any atom is 0.337 e. The Kier molecular flexibility index (Phi) is 5.74. The summed E-state index contributed by atoms with van der Waals surface area (Å²) in [5, 5.41) is 0. The fourth-order valence-corrected chi connectivity index (χ4v) is 5.81. The molecule has 0 saturated carbocycles. The maximum absolute atomic E-state index is 13.9. The van der Waals surface area contributed by atoms with Crippen molar-refractivity contribution in [3.63, 3.8) is 0 Å². The first kappa shape index (κ1) is 24.4. The lowest BCUT2D eigenvalue weighted by Gasteiger charge is -2.49. The van der Waals surface area contributed by atoms with Crippen LogP contribution in [0.25, 0.3) is 0 Å². The molecular formula is C30H28N2O5. The van der Waals surface area contributed by atoms with Crippen molar-refractivity contribution in [3.8, 4) is 0 Å². The summed E-state index contributed by atoms with van der Waals surface area (Å²) in [5.74, 6) is -1.45. The minimum atomic E-state index is -0.619. The summed E-state index contributed by atoms with van der Waals surface area (Å²) in [5.41, 5.74) is 3.84. The van der Waals surface area contributed by atoms with Crippen LogP contribution in [0.15, 0.2) is 71.7 Å². The lowest BCUT2D eigenvalue weighted by molar-refractivity contribution is -0.113. The van der Waals surface area contributed by atoms with Crippen LogP contribution >= 0.6 is 0 Å². The van der Waals surface area contributed by atoms with Crippen LogP contribution in [0.1, 0.15) is 64.6 Å². The fourth-order valence-electron chi connectivity index (χ4n) is 5.81. The molecular weight excluding hydrogens is 468 g/mol. The third kappa shape index (κ3) is 3.82. The number of methoxy groups -OCH3 is 2. The summed E-state index contributed by atoms with van der Waals surface area (Å²) in [6, 6.07) is 20.7. The number of hydrogen-bond donors (Lipinski definition) is 0. The molecule has 188 valence electrons. The molecule has 3 aromatic rings. The van der Waals surface area contributed by atoms with E-state index in [9.17, 15) is 14.4 Å². The molecule has 1 atom stereocenters. The molecule has 37 heavy (non-hydrogen) atoms. The summed E-state index contributed by atoms with van der Waals surface area (Å²) in [7, 11) is 2.52. The van der Waals surface area contributed by atoms with E-state index in [1.165, 1.54) is 38.0 Å². The van der Waals surface area contributed by atoms with Crippen LogP contribution in [0.5, 0.6) is 0 Å². The van der Waals surface area contributed by atoms with Crippen LogP contribution in [0.4, 0.5) is 11.4 Å². The van der Waals surface area contributed by atoms with Gasteiger partial charge in [0, 0.05) is 16.5 Å². The van der Waals surface area contributed by atoms with E-state index in [2.05, 4.69) is 39.0 Å². The quantitative estimate of drug-likeness (QED) is 0.463. The van der Waals surface area contributed by atoms with Crippen LogP contribution in [0.2, 0.25) is 0 Å². The highest BCUT2D eigenvalue weighted by atomic mass is 16.5. The van der Waals surface area contributed by atoms with Gasteiger partial charge in [0.1, 0.15) is 5.71 Å². The molecule has 2 aliphatic rings. The Labute approximate surface area is 215 Å². The Bertz CT molecular complexity index is 1440. The van der Waals surface area contributed by atoms with Gasteiger partial charge in [-0.25, -0.2) is 14.6 Å². The number of amides is 1. The number of ether oxygens (including phenoxy) is 2. The van der Waals surface area contributed by atoms with Gasteiger partial charge in [-0.2, -0.15) is 0 Å². The number of benzene rings is 3. The summed E-state index contributed by atoms with van der Waals surface area (Å²) < 4.78 is 9.69. The van der Waals surface area contributed by atoms with Crippen molar-refractivity contribution in [2.45, 2.75) is 38.1 Å². The molecule has 3 aromatic carbocycles. The van der Waals surface area contributed by atoms with Crippen molar-refractivity contribution >= 4 is 34.9 Å². The largest absolute Gasteiger partial charge is 0.465 e. The van der Waals surface area contributed by atoms with E-state index in [1.54, 1.807) is 0 Å². The number of rotatable bonds is 4. The van der Waals surface area contributed by atoms with Crippen molar-refractivity contribution < 1.29 is 23.9 Å². The monoisotopic (exact) mass is 496 g/mol. The van der Waals surface area contributed by atoms with E-state index in [0.29, 0.717) is 0 Å².